The maximum atomic E-state index is 12.8. The van der Waals surface area contributed by atoms with Gasteiger partial charge >= 0.3 is 0 Å². The quantitative estimate of drug-likeness (QED) is 0.715. The number of aryl methyl sites for hydroxylation is 1. The molecule has 16 heavy (non-hydrogen) atoms. The average Bonchev–Trinajstić information content (AvgIpc) is 2.27. The van der Waals surface area contributed by atoms with Gasteiger partial charge in [0.1, 0.15) is 5.82 Å². The van der Waals surface area contributed by atoms with Gasteiger partial charge in [-0.15, -0.1) is 0 Å². The summed E-state index contributed by atoms with van der Waals surface area (Å²) in [6.45, 7) is 3.82. The fourth-order valence-electron chi connectivity index (χ4n) is 1.30. The van der Waals surface area contributed by atoms with Gasteiger partial charge in [-0.2, -0.15) is 0 Å². The zero-order valence-electron chi connectivity index (χ0n) is 9.63. The number of hydrogen-bond donors (Lipinski definition) is 3. The van der Waals surface area contributed by atoms with Gasteiger partial charge in [-0.05, 0) is 30.7 Å². The lowest BCUT2D eigenvalue weighted by Gasteiger charge is -2.25. The predicted octanol–water partition coefficient (Wildman–Crippen LogP) is 1.54. The highest BCUT2D eigenvalue weighted by molar-refractivity contribution is 5.50. The van der Waals surface area contributed by atoms with Crippen LogP contribution in [0, 0.1) is 18.2 Å². The van der Waals surface area contributed by atoms with Crippen molar-refractivity contribution in [1.29, 1.82) is 0 Å². The van der Waals surface area contributed by atoms with Gasteiger partial charge in [0.25, 0.3) is 0 Å². The first kappa shape index (κ1) is 12.9. The molecule has 0 aliphatic heterocycles. The number of nitrogens with one attached hydrogen (secondary N) is 1. The molecule has 1 aromatic carbocycles. The first-order valence-corrected chi connectivity index (χ1v) is 5.22. The molecule has 90 valence electrons. The van der Waals surface area contributed by atoms with E-state index in [-0.39, 0.29) is 19.0 Å². The van der Waals surface area contributed by atoms with Gasteiger partial charge < -0.3 is 15.5 Å². The highest BCUT2D eigenvalue weighted by Gasteiger charge is 2.22. The monoisotopic (exact) mass is 227 g/mol. The first-order valence-electron chi connectivity index (χ1n) is 5.22. The molecule has 0 heterocycles. The molecule has 0 aliphatic carbocycles. The van der Waals surface area contributed by atoms with Gasteiger partial charge in [0.15, 0.2) is 0 Å². The molecular weight excluding hydrogens is 209 g/mol. The summed E-state index contributed by atoms with van der Waals surface area (Å²) < 4.78 is 12.8. The predicted molar refractivity (Wildman–Crippen MR) is 61.9 cm³/mol. The molecule has 0 aromatic heterocycles. The summed E-state index contributed by atoms with van der Waals surface area (Å²) in [6, 6.07) is 4.47. The van der Waals surface area contributed by atoms with E-state index >= 15 is 0 Å². The maximum Gasteiger partial charge on any atom is 0.123 e. The van der Waals surface area contributed by atoms with Crippen LogP contribution >= 0.6 is 0 Å². The van der Waals surface area contributed by atoms with Crippen molar-refractivity contribution in [2.24, 2.45) is 5.41 Å². The SMILES string of the molecule is Cc1cc(F)ccc1NCC(C)(CO)CO. The highest BCUT2D eigenvalue weighted by atomic mass is 19.1. The van der Waals surface area contributed by atoms with E-state index in [1.807, 2.05) is 0 Å². The fraction of sp³-hybridized carbons (Fsp3) is 0.500. The van der Waals surface area contributed by atoms with Gasteiger partial charge in [0.05, 0.1) is 13.2 Å². The van der Waals surface area contributed by atoms with E-state index in [1.165, 1.54) is 12.1 Å². The Bertz CT molecular complexity index is 351. The molecule has 0 unspecified atom stereocenters. The lowest BCUT2D eigenvalue weighted by molar-refractivity contribution is 0.0806. The van der Waals surface area contributed by atoms with E-state index in [1.54, 1.807) is 19.9 Å². The zero-order chi connectivity index (χ0) is 12.2. The van der Waals surface area contributed by atoms with Crippen LogP contribution in [0.25, 0.3) is 0 Å². The standard InChI is InChI=1S/C12H18FNO2/c1-9-5-10(13)3-4-11(9)14-6-12(2,7-15)8-16/h3-5,14-16H,6-8H2,1-2H3. The van der Waals surface area contributed by atoms with Crippen LogP contribution in [-0.2, 0) is 0 Å². The van der Waals surface area contributed by atoms with E-state index in [0.717, 1.165) is 11.3 Å². The number of halogens is 1. The van der Waals surface area contributed by atoms with Crippen LogP contribution in [0.15, 0.2) is 18.2 Å². The van der Waals surface area contributed by atoms with Gasteiger partial charge in [-0.25, -0.2) is 4.39 Å². The summed E-state index contributed by atoms with van der Waals surface area (Å²) in [6.07, 6.45) is 0. The van der Waals surface area contributed by atoms with Crippen LogP contribution in [0.3, 0.4) is 0 Å². The van der Waals surface area contributed by atoms with Crippen LogP contribution in [-0.4, -0.2) is 30.0 Å². The second kappa shape index (κ2) is 5.27. The van der Waals surface area contributed by atoms with Crippen molar-refractivity contribution < 1.29 is 14.6 Å². The fourth-order valence-corrected chi connectivity index (χ4v) is 1.30. The van der Waals surface area contributed by atoms with E-state index in [9.17, 15) is 4.39 Å². The first-order chi connectivity index (χ1) is 7.50. The second-order valence-corrected chi connectivity index (χ2v) is 4.44. The van der Waals surface area contributed by atoms with Crippen molar-refractivity contribution in [3.63, 3.8) is 0 Å². The topological polar surface area (TPSA) is 52.5 Å². The third-order valence-electron chi connectivity index (χ3n) is 2.66. The molecule has 0 aliphatic rings. The van der Waals surface area contributed by atoms with Gasteiger partial charge in [0, 0.05) is 17.6 Å². The molecule has 1 aromatic rings. The molecule has 0 saturated heterocycles. The Morgan fingerprint density at radius 1 is 1.31 bits per heavy atom. The Hall–Kier alpha value is -1.13. The minimum Gasteiger partial charge on any atom is -0.396 e. The molecule has 1 rings (SSSR count). The number of hydrogen-bond acceptors (Lipinski definition) is 3. The summed E-state index contributed by atoms with van der Waals surface area (Å²) in [7, 11) is 0. The van der Waals surface area contributed by atoms with E-state index in [0.29, 0.717) is 6.54 Å². The van der Waals surface area contributed by atoms with Crippen molar-refractivity contribution in [2.45, 2.75) is 13.8 Å². The van der Waals surface area contributed by atoms with Crippen molar-refractivity contribution in [1.82, 2.24) is 0 Å². The van der Waals surface area contributed by atoms with Gasteiger partial charge in [0.2, 0.25) is 0 Å². The molecule has 0 atom stereocenters. The van der Waals surface area contributed by atoms with Crippen LogP contribution < -0.4 is 5.32 Å². The summed E-state index contributed by atoms with van der Waals surface area (Å²) in [5.74, 6) is -0.268. The van der Waals surface area contributed by atoms with Crippen molar-refractivity contribution >= 4 is 5.69 Å². The summed E-state index contributed by atoms with van der Waals surface area (Å²) in [5.41, 5.74) is 1.05. The number of anilines is 1. The molecule has 0 amide bonds. The summed E-state index contributed by atoms with van der Waals surface area (Å²) in [5, 5.41) is 21.3. The zero-order valence-corrected chi connectivity index (χ0v) is 9.63. The molecule has 0 spiro atoms. The average molecular weight is 227 g/mol. The largest absolute Gasteiger partial charge is 0.396 e. The summed E-state index contributed by atoms with van der Waals surface area (Å²) in [4.78, 5) is 0. The third-order valence-corrected chi connectivity index (χ3v) is 2.66. The van der Waals surface area contributed by atoms with E-state index in [2.05, 4.69) is 5.32 Å². The Kier molecular flexibility index (Phi) is 4.26. The van der Waals surface area contributed by atoms with Crippen molar-refractivity contribution in [3.8, 4) is 0 Å². The number of aliphatic hydroxyl groups is 2. The molecule has 0 radical (unpaired) electrons. The Balaban J connectivity index is 2.67. The number of benzene rings is 1. The molecule has 0 bridgehead atoms. The number of rotatable bonds is 5. The molecular formula is C12H18FNO2. The lowest BCUT2D eigenvalue weighted by atomic mass is 9.93. The maximum absolute atomic E-state index is 12.8. The van der Waals surface area contributed by atoms with E-state index < -0.39 is 5.41 Å². The number of aliphatic hydroxyl groups excluding tert-OH is 2. The molecule has 0 saturated carbocycles. The lowest BCUT2D eigenvalue weighted by Crippen LogP contribution is -2.34. The molecule has 4 heteroatoms. The Morgan fingerprint density at radius 3 is 2.44 bits per heavy atom. The van der Waals surface area contributed by atoms with E-state index in [4.69, 9.17) is 10.2 Å². The minimum absolute atomic E-state index is 0.100. The van der Waals surface area contributed by atoms with Crippen molar-refractivity contribution in [2.75, 3.05) is 25.1 Å². The summed E-state index contributed by atoms with van der Waals surface area (Å²) >= 11 is 0. The van der Waals surface area contributed by atoms with Gasteiger partial charge in [-0.3, -0.25) is 0 Å². The Morgan fingerprint density at radius 2 is 1.94 bits per heavy atom. The normalized spacial score (nSPS) is 11.6. The van der Waals surface area contributed by atoms with Crippen LogP contribution in [0.1, 0.15) is 12.5 Å². The van der Waals surface area contributed by atoms with Crippen LogP contribution in [0.2, 0.25) is 0 Å². The molecule has 3 N–H and O–H groups in total. The highest BCUT2D eigenvalue weighted by Crippen LogP contribution is 2.19. The minimum atomic E-state index is -0.569. The smallest absolute Gasteiger partial charge is 0.123 e. The van der Waals surface area contributed by atoms with Crippen LogP contribution in [0.4, 0.5) is 10.1 Å². The molecule has 3 nitrogen and oxygen atoms in total. The van der Waals surface area contributed by atoms with Crippen molar-refractivity contribution in [3.05, 3.63) is 29.6 Å². The van der Waals surface area contributed by atoms with Crippen LogP contribution in [0.5, 0.6) is 0 Å². The Labute approximate surface area is 94.9 Å². The second-order valence-electron chi connectivity index (χ2n) is 4.44. The van der Waals surface area contributed by atoms with Gasteiger partial charge in [-0.1, -0.05) is 6.92 Å². The molecule has 0 fully saturated rings. The third kappa shape index (κ3) is 3.18.